The average molecular weight is 376 g/mol. The SMILES string of the molecule is Cc1sc2nc([C@@H](C)N3CCN(c4nccs4)CC3)[nH]c(=O)c2c1C. The fourth-order valence-electron chi connectivity index (χ4n) is 3.31. The van der Waals surface area contributed by atoms with E-state index in [-0.39, 0.29) is 11.6 Å². The number of aryl methyl sites for hydroxylation is 2. The Hall–Kier alpha value is -1.77. The molecule has 0 unspecified atom stereocenters. The van der Waals surface area contributed by atoms with Gasteiger partial charge in [0.15, 0.2) is 5.13 Å². The van der Waals surface area contributed by atoms with Gasteiger partial charge < -0.3 is 9.88 Å². The van der Waals surface area contributed by atoms with Crippen LogP contribution in [0.2, 0.25) is 0 Å². The van der Waals surface area contributed by atoms with Crippen molar-refractivity contribution in [3.63, 3.8) is 0 Å². The first-order chi connectivity index (χ1) is 12.0. The lowest BCUT2D eigenvalue weighted by Crippen LogP contribution is -2.47. The van der Waals surface area contributed by atoms with E-state index >= 15 is 0 Å². The third kappa shape index (κ3) is 2.98. The molecule has 4 rings (SSSR count). The van der Waals surface area contributed by atoms with Crippen molar-refractivity contribution in [3.05, 3.63) is 38.2 Å². The van der Waals surface area contributed by atoms with Crippen molar-refractivity contribution in [2.24, 2.45) is 0 Å². The highest BCUT2D eigenvalue weighted by molar-refractivity contribution is 7.18. The number of rotatable bonds is 3. The molecule has 6 nitrogen and oxygen atoms in total. The minimum atomic E-state index is -0.0184. The summed E-state index contributed by atoms with van der Waals surface area (Å²) in [5, 5.41) is 3.84. The van der Waals surface area contributed by atoms with Gasteiger partial charge in [-0.2, -0.15) is 0 Å². The van der Waals surface area contributed by atoms with Crippen LogP contribution in [0.3, 0.4) is 0 Å². The molecule has 0 aliphatic carbocycles. The maximum Gasteiger partial charge on any atom is 0.259 e. The van der Waals surface area contributed by atoms with Crippen LogP contribution in [0, 0.1) is 13.8 Å². The van der Waals surface area contributed by atoms with E-state index in [4.69, 9.17) is 4.98 Å². The van der Waals surface area contributed by atoms with Crippen molar-refractivity contribution >= 4 is 38.0 Å². The molecule has 3 aromatic heterocycles. The fraction of sp³-hybridized carbons (Fsp3) is 0.471. The van der Waals surface area contributed by atoms with Crippen LogP contribution in [0.15, 0.2) is 16.4 Å². The number of nitrogens with one attached hydrogen (secondary N) is 1. The van der Waals surface area contributed by atoms with E-state index in [1.54, 1.807) is 22.7 Å². The molecule has 0 radical (unpaired) electrons. The third-order valence-corrected chi connectivity index (χ3v) is 6.94. The number of aromatic amines is 1. The molecule has 3 aromatic rings. The first-order valence-electron chi connectivity index (χ1n) is 8.43. The van der Waals surface area contributed by atoms with Gasteiger partial charge in [-0.3, -0.25) is 9.69 Å². The van der Waals surface area contributed by atoms with Gasteiger partial charge in [0.1, 0.15) is 10.7 Å². The number of anilines is 1. The van der Waals surface area contributed by atoms with E-state index in [0.29, 0.717) is 0 Å². The van der Waals surface area contributed by atoms with Crippen LogP contribution >= 0.6 is 22.7 Å². The molecule has 1 fully saturated rings. The quantitative estimate of drug-likeness (QED) is 0.762. The van der Waals surface area contributed by atoms with E-state index in [1.165, 1.54) is 0 Å². The van der Waals surface area contributed by atoms with E-state index < -0.39 is 0 Å². The van der Waals surface area contributed by atoms with E-state index in [1.807, 2.05) is 25.4 Å². The summed E-state index contributed by atoms with van der Waals surface area (Å²) < 4.78 is 0. The van der Waals surface area contributed by atoms with Crippen molar-refractivity contribution in [2.45, 2.75) is 26.8 Å². The minimum absolute atomic E-state index is 0.0184. The molecule has 0 saturated carbocycles. The van der Waals surface area contributed by atoms with Gasteiger partial charge in [-0.25, -0.2) is 9.97 Å². The monoisotopic (exact) mass is 375 g/mol. The van der Waals surface area contributed by atoms with E-state index in [9.17, 15) is 4.79 Å². The molecule has 1 N–H and O–H groups in total. The van der Waals surface area contributed by atoms with Crippen molar-refractivity contribution in [1.29, 1.82) is 0 Å². The Labute approximate surface area is 154 Å². The van der Waals surface area contributed by atoms with Gasteiger partial charge in [0.05, 0.1) is 11.4 Å². The standard InChI is InChI=1S/C17H21N5OS2/c1-10-12(3)25-16-13(10)15(23)19-14(20-16)11(2)21-5-7-22(8-6-21)17-18-4-9-24-17/h4,9,11H,5-8H2,1-3H3,(H,19,20,23)/t11-/m1/s1. The Morgan fingerprint density at radius 3 is 2.68 bits per heavy atom. The second-order valence-electron chi connectivity index (χ2n) is 6.43. The number of H-pyrrole nitrogens is 1. The second kappa shape index (κ2) is 6.51. The molecule has 1 saturated heterocycles. The largest absolute Gasteiger partial charge is 0.346 e. The zero-order valence-electron chi connectivity index (χ0n) is 14.6. The number of hydrogen-bond acceptors (Lipinski definition) is 7. The lowest BCUT2D eigenvalue weighted by molar-refractivity contribution is 0.192. The first-order valence-corrected chi connectivity index (χ1v) is 10.1. The maximum atomic E-state index is 12.5. The summed E-state index contributed by atoms with van der Waals surface area (Å²) in [6.07, 6.45) is 1.85. The van der Waals surface area contributed by atoms with Gasteiger partial charge in [-0.05, 0) is 26.3 Å². The summed E-state index contributed by atoms with van der Waals surface area (Å²) in [6, 6.07) is 0.0956. The summed E-state index contributed by atoms with van der Waals surface area (Å²) in [6.45, 7) is 9.92. The Morgan fingerprint density at radius 1 is 1.24 bits per heavy atom. The van der Waals surface area contributed by atoms with Crippen LogP contribution in [0.1, 0.15) is 29.2 Å². The zero-order chi connectivity index (χ0) is 17.6. The van der Waals surface area contributed by atoms with Crippen molar-refractivity contribution < 1.29 is 0 Å². The molecule has 0 aromatic carbocycles. The van der Waals surface area contributed by atoms with Crippen molar-refractivity contribution in [2.75, 3.05) is 31.1 Å². The second-order valence-corrected chi connectivity index (χ2v) is 8.50. The van der Waals surface area contributed by atoms with Gasteiger partial charge in [-0.15, -0.1) is 22.7 Å². The van der Waals surface area contributed by atoms with Crippen LogP contribution in [-0.4, -0.2) is 46.0 Å². The van der Waals surface area contributed by atoms with Gasteiger partial charge in [-0.1, -0.05) is 0 Å². The number of thiophene rings is 1. The van der Waals surface area contributed by atoms with Gasteiger partial charge in [0, 0.05) is 42.6 Å². The van der Waals surface area contributed by atoms with Crippen LogP contribution < -0.4 is 10.5 Å². The molecule has 1 atom stereocenters. The number of thiazole rings is 1. The number of hydrogen-bond donors (Lipinski definition) is 1. The Morgan fingerprint density at radius 2 is 2.00 bits per heavy atom. The average Bonchev–Trinajstić information content (AvgIpc) is 3.23. The molecule has 132 valence electrons. The third-order valence-electron chi connectivity index (χ3n) is 5.00. The maximum absolute atomic E-state index is 12.5. The van der Waals surface area contributed by atoms with Crippen molar-refractivity contribution in [1.82, 2.24) is 19.9 Å². The van der Waals surface area contributed by atoms with Gasteiger partial charge in [0.25, 0.3) is 5.56 Å². The Kier molecular flexibility index (Phi) is 4.35. The highest BCUT2D eigenvalue weighted by atomic mass is 32.1. The van der Waals surface area contributed by atoms with Gasteiger partial charge >= 0.3 is 0 Å². The molecule has 25 heavy (non-hydrogen) atoms. The molecule has 4 heterocycles. The smallest absolute Gasteiger partial charge is 0.259 e. The molecular weight excluding hydrogens is 354 g/mol. The predicted molar refractivity (Wildman–Crippen MR) is 104 cm³/mol. The summed E-state index contributed by atoms with van der Waals surface area (Å²) in [5.74, 6) is 0.765. The summed E-state index contributed by atoms with van der Waals surface area (Å²) in [4.78, 5) is 31.4. The Balaban J connectivity index is 1.54. The van der Waals surface area contributed by atoms with Crippen LogP contribution in [0.5, 0.6) is 0 Å². The molecule has 0 spiro atoms. The molecule has 8 heteroatoms. The van der Waals surface area contributed by atoms with Crippen LogP contribution in [0.25, 0.3) is 10.2 Å². The molecular formula is C17H21N5OS2. The zero-order valence-corrected chi connectivity index (χ0v) is 16.2. The van der Waals surface area contributed by atoms with E-state index in [2.05, 4.69) is 26.7 Å². The van der Waals surface area contributed by atoms with Crippen molar-refractivity contribution in [3.8, 4) is 0 Å². The minimum Gasteiger partial charge on any atom is -0.346 e. The summed E-state index contributed by atoms with van der Waals surface area (Å²) >= 11 is 3.29. The van der Waals surface area contributed by atoms with Crippen LogP contribution in [-0.2, 0) is 0 Å². The van der Waals surface area contributed by atoms with Crippen LogP contribution in [0.4, 0.5) is 5.13 Å². The number of fused-ring (bicyclic) bond motifs is 1. The topological polar surface area (TPSA) is 65.1 Å². The first kappa shape index (κ1) is 16.7. The highest BCUT2D eigenvalue weighted by Crippen LogP contribution is 2.28. The molecule has 0 bridgehead atoms. The summed E-state index contributed by atoms with van der Waals surface area (Å²) in [5.41, 5.74) is 1.03. The van der Waals surface area contributed by atoms with E-state index in [0.717, 1.165) is 57.8 Å². The summed E-state index contributed by atoms with van der Waals surface area (Å²) in [7, 11) is 0. The lowest BCUT2D eigenvalue weighted by atomic mass is 10.2. The number of nitrogens with zero attached hydrogens (tertiary/aromatic N) is 4. The molecule has 1 aliphatic rings. The normalized spacial score (nSPS) is 17.3. The fourth-order valence-corrected chi connectivity index (χ4v) is 5.05. The molecule has 0 amide bonds. The Bertz CT molecular complexity index is 938. The number of aromatic nitrogens is 3. The molecule has 1 aliphatic heterocycles. The number of piperazine rings is 1. The lowest BCUT2D eigenvalue weighted by Gasteiger charge is -2.37. The predicted octanol–water partition coefficient (Wildman–Crippen LogP) is 2.94. The van der Waals surface area contributed by atoms with Gasteiger partial charge in [0.2, 0.25) is 0 Å². The highest BCUT2D eigenvalue weighted by Gasteiger charge is 2.25.